The van der Waals surface area contributed by atoms with Crippen molar-refractivity contribution in [1.29, 1.82) is 0 Å². The molecule has 12 nitrogen and oxygen atoms in total. The van der Waals surface area contributed by atoms with E-state index in [4.69, 9.17) is 40.5 Å². The lowest BCUT2D eigenvalue weighted by molar-refractivity contribution is -0.377. The lowest BCUT2D eigenvalue weighted by Gasteiger charge is -2.06. The first kappa shape index (κ1) is 36.3. The highest BCUT2D eigenvalue weighted by atomic mass is 32.3. The molecular formula is C18H40N6O6S3. The predicted octanol–water partition coefficient (Wildman–Crippen LogP) is -2.98. The summed E-state index contributed by atoms with van der Waals surface area (Å²) in [5.74, 6) is 1.48. The molecule has 0 rings (SSSR count). The average molecular weight is 533 g/mol. The van der Waals surface area contributed by atoms with Gasteiger partial charge in [-0.3, -0.25) is 19.9 Å². The SMILES string of the molecule is CCCCCC(=O)[NH+]=C(N)SCCN.CCCCCC(=O)[NH+]=C(N)SCCN.O=S(=O)([O-])[O-]. The van der Waals surface area contributed by atoms with Crippen LogP contribution in [0.15, 0.2) is 0 Å². The van der Waals surface area contributed by atoms with Crippen molar-refractivity contribution in [3.8, 4) is 0 Å². The summed E-state index contributed by atoms with van der Waals surface area (Å²) < 4.78 is 34.1. The van der Waals surface area contributed by atoms with Gasteiger partial charge >= 0.3 is 22.1 Å². The lowest BCUT2D eigenvalue weighted by Crippen LogP contribution is -2.78. The van der Waals surface area contributed by atoms with E-state index in [1.807, 2.05) is 0 Å². The van der Waals surface area contributed by atoms with Gasteiger partial charge in [-0.15, -0.1) is 0 Å². The topological polar surface area (TPSA) is 246 Å². The fourth-order valence-corrected chi connectivity index (χ4v) is 2.93. The molecule has 0 radical (unpaired) electrons. The Hall–Kier alpha value is -1.23. The minimum absolute atomic E-state index is 0.000437. The van der Waals surface area contributed by atoms with Crippen molar-refractivity contribution in [3.05, 3.63) is 0 Å². The number of unbranched alkanes of at least 4 members (excludes halogenated alkanes) is 4. The fraction of sp³-hybridized carbons (Fsp3) is 0.778. The molecule has 196 valence electrons. The van der Waals surface area contributed by atoms with Crippen LogP contribution in [0.5, 0.6) is 0 Å². The van der Waals surface area contributed by atoms with Crippen LogP contribution in [-0.2, 0) is 20.0 Å². The van der Waals surface area contributed by atoms with E-state index in [1.165, 1.54) is 23.5 Å². The molecule has 0 aromatic heterocycles. The van der Waals surface area contributed by atoms with Gasteiger partial charge in [0.1, 0.15) is 0 Å². The molecule has 10 N–H and O–H groups in total. The maximum Gasteiger partial charge on any atom is 0.309 e. The van der Waals surface area contributed by atoms with Crippen molar-refractivity contribution in [2.24, 2.45) is 22.9 Å². The Morgan fingerprint density at radius 2 is 1.06 bits per heavy atom. The maximum absolute atomic E-state index is 11.2. The summed E-state index contributed by atoms with van der Waals surface area (Å²) in [7, 11) is -5.17. The molecule has 0 saturated heterocycles. The summed E-state index contributed by atoms with van der Waals surface area (Å²) in [6, 6.07) is 0. The first-order valence-electron chi connectivity index (χ1n) is 10.6. The highest BCUT2D eigenvalue weighted by molar-refractivity contribution is 8.13. The summed E-state index contributed by atoms with van der Waals surface area (Å²) in [6.07, 6.45) is 7.37. The minimum Gasteiger partial charge on any atom is -0.759 e. The van der Waals surface area contributed by atoms with Crippen LogP contribution in [0.3, 0.4) is 0 Å². The molecule has 0 aliphatic rings. The van der Waals surface area contributed by atoms with Gasteiger partial charge in [0.05, 0.1) is 0 Å². The van der Waals surface area contributed by atoms with Gasteiger partial charge in [0.25, 0.3) is 0 Å². The number of carbonyl (C=O) groups is 2. The quantitative estimate of drug-likeness (QED) is 0.0484. The minimum atomic E-state index is -5.17. The van der Waals surface area contributed by atoms with Crippen molar-refractivity contribution < 1.29 is 37.1 Å². The summed E-state index contributed by atoms with van der Waals surface area (Å²) in [6.45, 7) is 5.35. The maximum atomic E-state index is 11.2. The van der Waals surface area contributed by atoms with Crippen LogP contribution >= 0.6 is 23.5 Å². The number of amidine groups is 2. The molecule has 2 amide bonds. The molecule has 0 atom stereocenters. The highest BCUT2D eigenvalue weighted by Crippen LogP contribution is 1.97. The van der Waals surface area contributed by atoms with Crippen LogP contribution in [-0.4, -0.2) is 64.3 Å². The van der Waals surface area contributed by atoms with Crippen molar-refractivity contribution in [3.63, 3.8) is 0 Å². The number of carbonyl (C=O) groups excluding carboxylic acids is 2. The van der Waals surface area contributed by atoms with E-state index in [2.05, 4.69) is 23.8 Å². The van der Waals surface area contributed by atoms with Gasteiger partial charge in [0.15, 0.2) is 0 Å². The van der Waals surface area contributed by atoms with E-state index in [9.17, 15) is 9.59 Å². The van der Waals surface area contributed by atoms with Crippen LogP contribution in [0.2, 0.25) is 0 Å². The van der Waals surface area contributed by atoms with Crippen LogP contribution in [0.25, 0.3) is 0 Å². The van der Waals surface area contributed by atoms with Gasteiger partial charge in [-0.05, 0) is 36.4 Å². The number of hydrogen-bond acceptors (Lipinski definition) is 10. The largest absolute Gasteiger partial charge is 0.759 e. The molecule has 33 heavy (non-hydrogen) atoms. The van der Waals surface area contributed by atoms with Crippen LogP contribution in [0.1, 0.15) is 65.2 Å². The van der Waals surface area contributed by atoms with Crippen molar-refractivity contribution >= 4 is 56.1 Å². The summed E-state index contributed by atoms with van der Waals surface area (Å²) in [5, 5.41) is 0.911. The Balaban J connectivity index is -0.000000453. The zero-order valence-electron chi connectivity index (χ0n) is 19.5. The number of nitrogens with two attached hydrogens (primary N) is 4. The second-order valence-corrected chi connectivity index (χ2v) is 9.51. The van der Waals surface area contributed by atoms with Crippen molar-refractivity contribution in [1.82, 2.24) is 0 Å². The predicted molar refractivity (Wildman–Crippen MR) is 132 cm³/mol. The number of rotatable bonds is 12. The third kappa shape index (κ3) is 41.5. The Labute approximate surface area is 205 Å². The normalized spacial score (nSPS) is 11.7. The molecule has 0 aliphatic carbocycles. The van der Waals surface area contributed by atoms with E-state index in [0.717, 1.165) is 50.0 Å². The zero-order valence-corrected chi connectivity index (χ0v) is 21.9. The monoisotopic (exact) mass is 532 g/mol. The van der Waals surface area contributed by atoms with E-state index < -0.39 is 10.4 Å². The Morgan fingerprint density at radius 1 is 0.758 bits per heavy atom. The van der Waals surface area contributed by atoms with E-state index >= 15 is 0 Å². The van der Waals surface area contributed by atoms with Crippen LogP contribution in [0.4, 0.5) is 0 Å². The van der Waals surface area contributed by atoms with Gasteiger partial charge in [-0.25, -0.2) is 19.6 Å². The molecular weight excluding hydrogens is 492 g/mol. The van der Waals surface area contributed by atoms with E-state index in [1.54, 1.807) is 0 Å². The molecule has 0 fully saturated rings. The van der Waals surface area contributed by atoms with Crippen molar-refractivity contribution in [2.75, 3.05) is 24.6 Å². The molecule has 0 bridgehead atoms. The fourth-order valence-electron chi connectivity index (χ4n) is 1.88. The number of hydrogen-bond donors (Lipinski definition) is 6. The Kier molecular flexibility index (Phi) is 28.0. The molecule has 0 spiro atoms. The van der Waals surface area contributed by atoms with Gasteiger partial charge in [0, 0.05) is 47.8 Å². The highest BCUT2D eigenvalue weighted by Gasteiger charge is 2.06. The number of thioether (sulfide) groups is 2. The average Bonchev–Trinajstić information content (AvgIpc) is 2.70. The number of amides is 2. The third-order valence-corrected chi connectivity index (χ3v) is 5.00. The first-order chi connectivity index (χ1) is 15.4. The summed E-state index contributed by atoms with van der Waals surface area (Å²) in [5.41, 5.74) is 21.7. The van der Waals surface area contributed by atoms with E-state index in [-0.39, 0.29) is 11.8 Å². The molecule has 0 aromatic rings. The summed E-state index contributed by atoms with van der Waals surface area (Å²) >= 11 is 2.76. The molecule has 0 heterocycles. The van der Waals surface area contributed by atoms with Gasteiger partial charge in [-0.2, -0.15) is 0 Å². The second kappa shape index (κ2) is 25.4. The van der Waals surface area contributed by atoms with Gasteiger partial charge in [0.2, 0.25) is 0 Å². The number of nitrogens with one attached hydrogen (secondary N) is 2. The van der Waals surface area contributed by atoms with Crippen LogP contribution in [0, 0.1) is 0 Å². The van der Waals surface area contributed by atoms with Crippen LogP contribution < -0.4 is 32.9 Å². The molecule has 0 aromatic carbocycles. The van der Waals surface area contributed by atoms with E-state index in [0.29, 0.717) is 36.3 Å². The summed E-state index contributed by atoms with van der Waals surface area (Å²) in [4.78, 5) is 27.7. The third-order valence-electron chi connectivity index (χ3n) is 3.29. The van der Waals surface area contributed by atoms with Gasteiger partial charge < -0.3 is 20.6 Å². The first-order valence-corrected chi connectivity index (χ1v) is 13.9. The molecule has 0 aliphatic heterocycles. The molecule has 15 heteroatoms. The lowest BCUT2D eigenvalue weighted by atomic mass is 10.2. The smallest absolute Gasteiger partial charge is 0.309 e. The standard InChI is InChI=1S/2C9H19N3OS.H2O4S/c2*1-2-3-4-5-8(13)12-9(11)14-7-6-10;1-5(2,3)4/h2*2-7,10H2,1H3,(H2,11,12,13);(H2,1,2,3,4). The molecule has 0 unspecified atom stereocenters. The Bertz CT molecular complexity index is 625. The second-order valence-electron chi connectivity index (χ2n) is 6.42. The van der Waals surface area contributed by atoms with Gasteiger partial charge in [-0.1, -0.05) is 39.5 Å². The van der Waals surface area contributed by atoms with Crippen molar-refractivity contribution in [2.45, 2.75) is 65.2 Å². The zero-order chi connectivity index (χ0) is 26.1. The Morgan fingerprint density at radius 3 is 1.30 bits per heavy atom. The molecule has 0 saturated carbocycles.